The van der Waals surface area contributed by atoms with Gasteiger partial charge in [0.15, 0.2) is 0 Å². The van der Waals surface area contributed by atoms with Crippen molar-refractivity contribution in [1.29, 1.82) is 0 Å². The molecule has 1 heterocycles. The molecule has 1 aromatic heterocycles. The van der Waals surface area contributed by atoms with Gasteiger partial charge >= 0.3 is 0 Å². The number of aromatic nitrogens is 1. The molecule has 86 valence electrons. The van der Waals surface area contributed by atoms with Crippen LogP contribution in [0.1, 0.15) is 5.56 Å². The molecule has 0 aliphatic carbocycles. The number of benzene rings is 1. The Kier molecular flexibility index (Phi) is 4.01. The number of pyridine rings is 1. The van der Waals surface area contributed by atoms with E-state index in [9.17, 15) is 4.39 Å². The summed E-state index contributed by atoms with van der Waals surface area (Å²) < 4.78 is 14.4. The van der Waals surface area contributed by atoms with Crippen LogP contribution in [-0.2, 0) is 0 Å². The highest BCUT2D eigenvalue weighted by Gasteiger charge is 2.06. The van der Waals surface area contributed by atoms with Gasteiger partial charge in [-0.1, -0.05) is 12.2 Å². The van der Waals surface area contributed by atoms with Crippen LogP contribution in [0.2, 0.25) is 0 Å². The Balaban J connectivity index is 2.19. The fourth-order valence-electron chi connectivity index (χ4n) is 1.28. The van der Waals surface area contributed by atoms with Crippen molar-refractivity contribution in [1.82, 2.24) is 4.98 Å². The quantitative estimate of drug-likeness (QED) is 0.656. The first-order chi connectivity index (χ1) is 8.16. The van der Waals surface area contributed by atoms with Gasteiger partial charge < -0.3 is 5.32 Å². The minimum atomic E-state index is -0.317. The normalized spacial score (nSPS) is 10.0. The number of hydrogen-bond donors (Lipinski definition) is 1. The Hall–Kier alpha value is -1.08. The summed E-state index contributed by atoms with van der Waals surface area (Å²) in [6, 6.07) is 8.55. The Bertz CT molecular complexity index is 545. The van der Waals surface area contributed by atoms with Crippen molar-refractivity contribution in [2.45, 2.75) is 0 Å². The van der Waals surface area contributed by atoms with Crippen LogP contribution < -0.4 is 5.32 Å². The number of thiocarbonyl (C=S) groups is 1. The fraction of sp³-hybridized carbons (Fsp3) is 0. The summed E-state index contributed by atoms with van der Waals surface area (Å²) in [4.78, 5) is 4.42. The lowest BCUT2D eigenvalue weighted by atomic mass is 10.2. The zero-order chi connectivity index (χ0) is 12.3. The molecule has 2 aromatic rings. The van der Waals surface area contributed by atoms with Crippen molar-refractivity contribution in [2.24, 2.45) is 0 Å². The summed E-state index contributed by atoms with van der Waals surface area (Å²) in [5.41, 5.74) is 1.14. The molecule has 0 fully saturated rings. The molecule has 5 heteroatoms. The van der Waals surface area contributed by atoms with E-state index in [0.717, 1.165) is 9.13 Å². The molecule has 0 aliphatic heterocycles. The molecule has 0 spiro atoms. The first-order valence-corrected chi connectivity index (χ1v) is 6.32. The van der Waals surface area contributed by atoms with E-state index in [1.807, 2.05) is 12.1 Å². The highest BCUT2D eigenvalue weighted by atomic mass is 127. The van der Waals surface area contributed by atoms with Crippen LogP contribution in [0, 0.1) is 9.39 Å². The van der Waals surface area contributed by atoms with Gasteiger partial charge in [0.25, 0.3) is 0 Å². The lowest BCUT2D eigenvalue weighted by molar-refractivity contribution is 0.631. The second kappa shape index (κ2) is 5.50. The summed E-state index contributed by atoms with van der Waals surface area (Å²) >= 11 is 7.23. The summed E-state index contributed by atoms with van der Waals surface area (Å²) in [5, 5.41) is 2.87. The van der Waals surface area contributed by atoms with E-state index in [0.29, 0.717) is 10.7 Å². The molecule has 1 aromatic carbocycles. The number of halogens is 2. The number of hydrogen-bond acceptors (Lipinski definition) is 2. The molecular weight excluding hydrogens is 350 g/mol. The third-order valence-corrected chi connectivity index (χ3v) is 3.11. The Labute approximate surface area is 117 Å². The van der Waals surface area contributed by atoms with Crippen LogP contribution in [0.25, 0.3) is 0 Å². The lowest BCUT2D eigenvalue weighted by Crippen LogP contribution is -2.11. The summed E-state index contributed by atoms with van der Waals surface area (Å²) in [6.45, 7) is 0. The second-order valence-corrected chi connectivity index (χ2v) is 4.97. The first kappa shape index (κ1) is 12.4. The van der Waals surface area contributed by atoms with Crippen LogP contribution in [0.3, 0.4) is 0 Å². The predicted molar refractivity (Wildman–Crippen MR) is 78.7 cm³/mol. The van der Waals surface area contributed by atoms with Crippen LogP contribution in [0.5, 0.6) is 0 Å². The van der Waals surface area contributed by atoms with E-state index >= 15 is 0 Å². The van der Waals surface area contributed by atoms with Crippen LogP contribution in [0.4, 0.5) is 10.1 Å². The molecule has 0 radical (unpaired) electrons. The maximum Gasteiger partial charge on any atom is 0.147 e. The van der Waals surface area contributed by atoms with E-state index in [1.54, 1.807) is 24.5 Å². The van der Waals surface area contributed by atoms with Gasteiger partial charge in [-0.25, -0.2) is 4.39 Å². The van der Waals surface area contributed by atoms with E-state index in [2.05, 4.69) is 32.9 Å². The molecule has 0 bridgehead atoms. The Morgan fingerprint density at radius 2 is 2.18 bits per heavy atom. The minimum Gasteiger partial charge on any atom is -0.344 e. The maximum absolute atomic E-state index is 13.6. The van der Waals surface area contributed by atoms with Crippen molar-refractivity contribution in [3.8, 4) is 0 Å². The molecule has 2 rings (SSSR count). The molecule has 0 unspecified atom stereocenters. The van der Waals surface area contributed by atoms with Gasteiger partial charge in [-0.2, -0.15) is 0 Å². The van der Waals surface area contributed by atoms with Crippen LogP contribution in [0.15, 0.2) is 42.7 Å². The topological polar surface area (TPSA) is 24.9 Å². The highest BCUT2D eigenvalue weighted by molar-refractivity contribution is 14.1. The monoisotopic (exact) mass is 358 g/mol. The largest absolute Gasteiger partial charge is 0.344 e. The molecule has 0 saturated heterocycles. The summed E-state index contributed by atoms with van der Waals surface area (Å²) in [5.74, 6) is -0.317. The number of nitrogens with one attached hydrogen (secondary N) is 1. The van der Waals surface area contributed by atoms with Gasteiger partial charge in [0.05, 0.1) is 5.69 Å². The van der Waals surface area contributed by atoms with Crippen molar-refractivity contribution in [3.05, 3.63) is 57.7 Å². The van der Waals surface area contributed by atoms with Gasteiger partial charge in [0.2, 0.25) is 0 Å². The molecule has 2 nitrogen and oxygen atoms in total. The molecule has 0 amide bonds. The predicted octanol–water partition coefficient (Wildman–Crippen LogP) is 3.61. The zero-order valence-electron chi connectivity index (χ0n) is 8.65. The van der Waals surface area contributed by atoms with Crippen LogP contribution in [-0.4, -0.2) is 9.97 Å². The summed E-state index contributed by atoms with van der Waals surface area (Å²) in [6.07, 6.45) is 3.30. The first-order valence-electron chi connectivity index (χ1n) is 4.83. The third-order valence-electron chi connectivity index (χ3n) is 2.10. The molecule has 0 aliphatic rings. The molecule has 0 atom stereocenters. The van der Waals surface area contributed by atoms with Gasteiger partial charge in [0, 0.05) is 21.5 Å². The minimum absolute atomic E-state index is 0.317. The van der Waals surface area contributed by atoms with Crippen LogP contribution >= 0.6 is 34.8 Å². The van der Waals surface area contributed by atoms with Gasteiger partial charge in [-0.15, -0.1) is 0 Å². The fourth-order valence-corrected chi connectivity index (χ4v) is 1.97. The Morgan fingerprint density at radius 1 is 1.35 bits per heavy atom. The smallest absolute Gasteiger partial charge is 0.147 e. The zero-order valence-corrected chi connectivity index (χ0v) is 11.6. The van der Waals surface area contributed by atoms with Gasteiger partial charge in [0.1, 0.15) is 10.8 Å². The third kappa shape index (κ3) is 3.19. The summed E-state index contributed by atoms with van der Waals surface area (Å²) in [7, 11) is 0. The van der Waals surface area contributed by atoms with E-state index in [1.165, 1.54) is 6.07 Å². The maximum atomic E-state index is 13.6. The van der Waals surface area contributed by atoms with Crippen molar-refractivity contribution in [2.75, 3.05) is 5.32 Å². The second-order valence-electron chi connectivity index (χ2n) is 3.32. The number of rotatable bonds is 2. The van der Waals surface area contributed by atoms with Crippen molar-refractivity contribution < 1.29 is 4.39 Å². The average molecular weight is 358 g/mol. The van der Waals surface area contributed by atoms with Gasteiger partial charge in [-0.05, 0) is 52.9 Å². The standard InChI is InChI=1S/C12H8FIN2S/c13-10-6-9(14)3-4-11(10)16-12(17)8-2-1-5-15-7-8/h1-7H,(H,16,17). The van der Waals surface area contributed by atoms with Crippen molar-refractivity contribution >= 4 is 45.5 Å². The van der Waals surface area contributed by atoms with Crippen molar-refractivity contribution in [3.63, 3.8) is 0 Å². The lowest BCUT2D eigenvalue weighted by Gasteiger charge is -2.08. The van der Waals surface area contributed by atoms with E-state index in [4.69, 9.17) is 12.2 Å². The average Bonchev–Trinajstić information content (AvgIpc) is 2.34. The highest BCUT2D eigenvalue weighted by Crippen LogP contribution is 2.18. The molecule has 1 N–H and O–H groups in total. The molecular formula is C12H8FIN2S. The Morgan fingerprint density at radius 3 is 2.82 bits per heavy atom. The SMILES string of the molecule is Fc1cc(I)ccc1NC(=S)c1cccnc1. The van der Waals surface area contributed by atoms with E-state index < -0.39 is 0 Å². The number of nitrogens with zero attached hydrogens (tertiary/aromatic N) is 1. The molecule has 17 heavy (non-hydrogen) atoms. The molecule has 0 saturated carbocycles. The van der Waals surface area contributed by atoms with E-state index in [-0.39, 0.29) is 5.82 Å². The number of anilines is 1. The van der Waals surface area contributed by atoms with Gasteiger partial charge in [-0.3, -0.25) is 4.98 Å².